The molecule has 1 heterocycles. The van der Waals surface area contributed by atoms with E-state index in [1.807, 2.05) is 0 Å². The molecular formula is C10H15NO5. The van der Waals surface area contributed by atoms with Crippen molar-refractivity contribution in [2.75, 3.05) is 13.2 Å². The molecule has 0 aromatic rings. The zero-order valence-corrected chi connectivity index (χ0v) is 9.30. The Morgan fingerprint density at radius 3 is 2.81 bits per heavy atom. The molecule has 16 heavy (non-hydrogen) atoms. The lowest BCUT2D eigenvalue weighted by Gasteiger charge is -2.30. The maximum absolute atomic E-state index is 11.6. The summed E-state index contributed by atoms with van der Waals surface area (Å²) in [6, 6.07) is -1.01. The molecule has 6 heteroatoms. The van der Waals surface area contributed by atoms with Crippen molar-refractivity contribution >= 4 is 12.1 Å². The van der Waals surface area contributed by atoms with Crippen LogP contribution in [0.1, 0.15) is 13.8 Å². The number of carbonyl (C=O) groups excluding carboxylic acids is 1. The number of carboxylic acid groups (broad SMARTS) is 1. The molecule has 1 unspecified atom stereocenters. The van der Waals surface area contributed by atoms with Gasteiger partial charge in [0.15, 0.2) is 6.04 Å². The van der Waals surface area contributed by atoms with Crippen LogP contribution in [0.25, 0.3) is 0 Å². The minimum absolute atomic E-state index is 0.0362. The van der Waals surface area contributed by atoms with Gasteiger partial charge in [0, 0.05) is 0 Å². The van der Waals surface area contributed by atoms with Gasteiger partial charge in [-0.3, -0.25) is 4.90 Å². The zero-order valence-electron chi connectivity index (χ0n) is 9.30. The molecule has 0 saturated carbocycles. The van der Waals surface area contributed by atoms with E-state index in [1.165, 1.54) is 6.08 Å². The van der Waals surface area contributed by atoms with E-state index in [-0.39, 0.29) is 13.2 Å². The van der Waals surface area contributed by atoms with Crippen LogP contribution in [0, 0.1) is 0 Å². The maximum Gasteiger partial charge on any atom is 0.413 e. The van der Waals surface area contributed by atoms with E-state index >= 15 is 0 Å². The van der Waals surface area contributed by atoms with Gasteiger partial charge >= 0.3 is 12.1 Å². The van der Waals surface area contributed by atoms with Gasteiger partial charge in [-0.25, -0.2) is 9.59 Å². The first-order chi connectivity index (χ1) is 7.40. The number of carboxylic acids is 1. The highest BCUT2D eigenvalue weighted by atomic mass is 16.6. The number of carbonyl (C=O) groups is 2. The summed E-state index contributed by atoms with van der Waals surface area (Å²) in [5.74, 6) is -1.11. The first-order valence-electron chi connectivity index (χ1n) is 4.84. The minimum Gasteiger partial charge on any atom is -0.480 e. The predicted molar refractivity (Wildman–Crippen MR) is 54.8 cm³/mol. The molecule has 1 rings (SSSR count). The second-order valence-corrected chi connectivity index (χ2v) is 3.85. The summed E-state index contributed by atoms with van der Waals surface area (Å²) in [7, 11) is 0. The molecule has 90 valence electrons. The first-order valence-corrected chi connectivity index (χ1v) is 4.84. The molecule has 1 fully saturated rings. The fourth-order valence-electron chi connectivity index (χ4n) is 1.53. The van der Waals surface area contributed by atoms with Crippen LogP contribution in [0.2, 0.25) is 0 Å². The number of rotatable bonds is 3. The van der Waals surface area contributed by atoms with Crippen LogP contribution in [0.15, 0.2) is 12.7 Å². The van der Waals surface area contributed by atoms with E-state index in [0.717, 1.165) is 4.90 Å². The standard InChI is InChI=1S/C10H15NO5/c1-4-5-15-9(14)11-7(8(12)13)6-16-10(11,2)3/h4,7H,1,5-6H2,2-3H3,(H,12,13). The van der Waals surface area contributed by atoms with Crippen molar-refractivity contribution < 1.29 is 24.2 Å². The van der Waals surface area contributed by atoms with Crippen molar-refractivity contribution in [1.29, 1.82) is 0 Å². The molecule has 6 nitrogen and oxygen atoms in total. The van der Waals surface area contributed by atoms with Crippen LogP contribution in [-0.4, -0.2) is 47.0 Å². The molecule has 1 N–H and O–H groups in total. The van der Waals surface area contributed by atoms with Gasteiger partial charge in [-0.05, 0) is 13.8 Å². The summed E-state index contributed by atoms with van der Waals surface area (Å²) in [5.41, 5.74) is -0.971. The summed E-state index contributed by atoms with van der Waals surface area (Å²) in [6.45, 7) is 6.64. The molecule has 0 aromatic carbocycles. The lowest BCUT2D eigenvalue weighted by molar-refractivity contribution is -0.142. The highest BCUT2D eigenvalue weighted by molar-refractivity contribution is 5.81. The van der Waals surface area contributed by atoms with Crippen LogP contribution >= 0.6 is 0 Å². The molecular weight excluding hydrogens is 214 g/mol. The molecule has 0 spiro atoms. The van der Waals surface area contributed by atoms with Crippen molar-refractivity contribution in [3.63, 3.8) is 0 Å². The molecule has 0 bridgehead atoms. The van der Waals surface area contributed by atoms with E-state index < -0.39 is 23.8 Å². The molecule has 1 aliphatic rings. The van der Waals surface area contributed by atoms with Crippen LogP contribution in [0.4, 0.5) is 4.79 Å². The van der Waals surface area contributed by atoms with Crippen molar-refractivity contribution in [3.8, 4) is 0 Å². The Balaban J connectivity index is 2.82. The number of hydrogen-bond acceptors (Lipinski definition) is 4. The summed E-state index contributed by atoms with van der Waals surface area (Å²) in [6.07, 6.45) is 0.701. The van der Waals surface area contributed by atoms with Gasteiger partial charge in [-0.1, -0.05) is 12.7 Å². The Kier molecular flexibility index (Phi) is 3.54. The van der Waals surface area contributed by atoms with Gasteiger partial charge < -0.3 is 14.6 Å². The highest BCUT2D eigenvalue weighted by Crippen LogP contribution is 2.28. The fourth-order valence-corrected chi connectivity index (χ4v) is 1.53. The average molecular weight is 229 g/mol. The smallest absolute Gasteiger partial charge is 0.413 e. The van der Waals surface area contributed by atoms with E-state index in [2.05, 4.69) is 6.58 Å². The number of ether oxygens (including phenoxy) is 2. The molecule has 1 aliphatic heterocycles. The first kappa shape index (κ1) is 12.5. The van der Waals surface area contributed by atoms with Gasteiger partial charge in [-0.15, -0.1) is 0 Å². The topological polar surface area (TPSA) is 76.1 Å². The number of nitrogens with zero attached hydrogens (tertiary/aromatic N) is 1. The largest absolute Gasteiger partial charge is 0.480 e. The number of aliphatic carboxylic acids is 1. The second-order valence-electron chi connectivity index (χ2n) is 3.85. The van der Waals surface area contributed by atoms with Crippen LogP contribution in [0.3, 0.4) is 0 Å². The van der Waals surface area contributed by atoms with Gasteiger partial charge in [0.25, 0.3) is 0 Å². The number of hydrogen-bond donors (Lipinski definition) is 1. The van der Waals surface area contributed by atoms with E-state index in [4.69, 9.17) is 14.6 Å². The molecule has 0 aromatic heterocycles. The van der Waals surface area contributed by atoms with E-state index in [1.54, 1.807) is 13.8 Å². The summed E-state index contributed by atoms with van der Waals surface area (Å²) in [5, 5.41) is 8.94. The molecule has 1 atom stereocenters. The minimum atomic E-state index is -1.11. The van der Waals surface area contributed by atoms with Gasteiger partial charge in [0.05, 0.1) is 6.61 Å². The summed E-state index contributed by atoms with van der Waals surface area (Å²) < 4.78 is 10.1. The Hall–Kier alpha value is -1.56. The lowest BCUT2D eigenvalue weighted by Crippen LogP contribution is -2.50. The predicted octanol–water partition coefficient (Wildman–Crippen LogP) is 0.830. The fraction of sp³-hybridized carbons (Fsp3) is 0.600. The Bertz CT molecular complexity index is 312. The SMILES string of the molecule is C=CCOC(=O)N1C(C(=O)O)COC1(C)C. The molecule has 1 amide bonds. The summed E-state index contributed by atoms with van der Waals surface area (Å²) >= 11 is 0. The Morgan fingerprint density at radius 1 is 1.69 bits per heavy atom. The van der Waals surface area contributed by atoms with Crippen LogP contribution in [0.5, 0.6) is 0 Å². The normalized spacial score (nSPS) is 22.9. The quantitative estimate of drug-likeness (QED) is 0.725. The van der Waals surface area contributed by atoms with E-state index in [0.29, 0.717) is 0 Å². The van der Waals surface area contributed by atoms with Crippen molar-refractivity contribution in [1.82, 2.24) is 4.90 Å². The molecule has 0 aliphatic carbocycles. The zero-order chi connectivity index (χ0) is 12.3. The monoisotopic (exact) mass is 229 g/mol. The lowest BCUT2D eigenvalue weighted by atomic mass is 10.2. The Labute approximate surface area is 93.4 Å². The molecule has 1 saturated heterocycles. The van der Waals surface area contributed by atoms with E-state index in [9.17, 15) is 9.59 Å². The van der Waals surface area contributed by atoms with Gasteiger partial charge in [-0.2, -0.15) is 0 Å². The third kappa shape index (κ3) is 2.33. The molecule has 0 radical (unpaired) electrons. The highest BCUT2D eigenvalue weighted by Gasteiger charge is 2.48. The van der Waals surface area contributed by atoms with Crippen LogP contribution in [-0.2, 0) is 14.3 Å². The van der Waals surface area contributed by atoms with Gasteiger partial charge in [0.1, 0.15) is 12.3 Å². The van der Waals surface area contributed by atoms with Crippen molar-refractivity contribution in [2.24, 2.45) is 0 Å². The Morgan fingerprint density at radius 2 is 2.31 bits per heavy atom. The maximum atomic E-state index is 11.6. The summed E-state index contributed by atoms with van der Waals surface area (Å²) in [4.78, 5) is 23.7. The number of amides is 1. The average Bonchev–Trinajstić information content (AvgIpc) is 2.50. The van der Waals surface area contributed by atoms with Crippen LogP contribution < -0.4 is 0 Å². The van der Waals surface area contributed by atoms with Crippen molar-refractivity contribution in [2.45, 2.75) is 25.6 Å². The second kappa shape index (κ2) is 4.52. The third-order valence-electron chi connectivity index (χ3n) is 2.29. The third-order valence-corrected chi connectivity index (χ3v) is 2.29. The van der Waals surface area contributed by atoms with Crippen molar-refractivity contribution in [3.05, 3.63) is 12.7 Å². The van der Waals surface area contributed by atoms with Gasteiger partial charge in [0.2, 0.25) is 0 Å².